The SMILES string of the molecule is COc1ccc(C=C(C)C(=O)c2cc(OC)c(OC)c(OC)c2)cc1C(N)=O.Cl.Cl. The van der Waals surface area contributed by atoms with E-state index in [1.807, 2.05) is 0 Å². The van der Waals surface area contributed by atoms with Gasteiger partial charge in [0.15, 0.2) is 17.3 Å². The van der Waals surface area contributed by atoms with Crippen molar-refractivity contribution in [2.24, 2.45) is 5.73 Å². The summed E-state index contributed by atoms with van der Waals surface area (Å²) in [5, 5.41) is 0. The van der Waals surface area contributed by atoms with Gasteiger partial charge in [0.2, 0.25) is 5.75 Å². The second-order valence-corrected chi connectivity index (χ2v) is 5.89. The average Bonchev–Trinajstić information content (AvgIpc) is 2.71. The fourth-order valence-corrected chi connectivity index (χ4v) is 2.76. The fourth-order valence-electron chi connectivity index (χ4n) is 2.76. The standard InChI is InChI=1S/C21H23NO6.2ClH/c1-12(8-13-6-7-16(25-2)15(9-13)21(22)24)19(23)14-10-17(26-3)20(28-5)18(11-14)27-4;;/h6-11H,1-5H3,(H2,22,24);2*1H. The van der Waals surface area contributed by atoms with Crippen LogP contribution in [0.15, 0.2) is 35.9 Å². The van der Waals surface area contributed by atoms with Gasteiger partial charge in [0.05, 0.1) is 34.0 Å². The number of nitrogens with two attached hydrogens (primary N) is 1. The molecule has 0 aliphatic heterocycles. The normalized spacial score (nSPS) is 10.2. The molecule has 0 fully saturated rings. The Kier molecular flexibility index (Phi) is 10.8. The molecule has 0 radical (unpaired) electrons. The number of carbonyl (C=O) groups excluding carboxylic acids is 2. The second-order valence-electron chi connectivity index (χ2n) is 5.89. The average molecular weight is 458 g/mol. The lowest BCUT2D eigenvalue weighted by Gasteiger charge is -2.14. The number of benzene rings is 2. The van der Waals surface area contributed by atoms with Gasteiger partial charge in [-0.05, 0) is 48.4 Å². The molecule has 0 aliphatic carbocycles. The van der Waals surface area contributed by atoms with Crippen molar-refractivity contribution in [3.05, 3.63) is 52.6 Å². The number of carbonyl (C=O) groups is 2. The van der Waals surface area contributed by atoms with E-state index in [0.717, 1.165) is 0 Å². The molecule has 30 heavy (non-hydrogen) atoms. The van der Waals surface area contributed by atoms with Crippen molar-refractivity contribution in [1.82, 2.24) is 0 Å². The molecule has 2 aromatic rings. The molecule has 0 spiro atoms. The highest BCUT2D eigenvalue weighted by Gasteiger charge is 2.18. The van der Waals surface area contributed by atoms with E-state index in [-0.39, 0.29) is 36.2 Å². The van der Waals surface area contributed by atoms with Crippen LogP contribution in [-0.2, 0) is 0 Å². The van der Waals surface area contributed by atoms with Crippen LogP contribution in [0.25, 0.3) is 6.08 Å². The van der Waals surface area contributed by atoms with Crippen molar-refractivity contribution in [1.29, 1.82) is 0 Å². The van der Waals surface area contributed by atoms with E-state index in [9.17, 15) is 9.59 Å². The molecule has 0 aliphatic rings. The fraction of sp³-hybridized carbons (Fsp3) is 0.238. The zero-order valence-corrected chi connectivity index (χ0v) is 18.9. The maximum Gasteiger partial charge on any atom is 0.252 e. The Morgan fingerprint density at radius 2 is 1.37 bits per heavy atom. The van der Waals surface area contributed by atoms with Crippen LogP contribution >= 0.6 is 24.8 Å². The summed E-state index contributed by atoms with van der Waals surface area (Å²) in [4.78, 5) is 24.5. The maximum absolute atomic E-state index is 12.9. The van der Waals surface area contributed by atoms with E-state index >= 15 is 0 Å². The molecule has 0 saturated carbocycles. The van der Waals surface area contributed by atoms with Crippen LogP contribution in [0.5, 0.6) is 23.0 Å². The van der Waals surface area contributed by atoms with Crippen LogP contribution in [0.2, 0.25) is 0 Å². The maximum atomic E-state index is 12.9. The van der Waals surface area contributed by atoms with Crippen LogP contribution in [0.1, 0.15) is 33.2 Å². The Labute approximate surface area is 188 Å². The third kappa shape index (κ3) is 5.81. The van der Waals surface area contributed by atoms with Crippen LogP contribution in [0, 0.1) is 0 Å². The van der Waals surface area contributed by atoms with Crippen LogP contribution in [-0.4, -0.2) is 40.1 Å². The number of Topliss-reactive ketones (excluding diaryl/α,β-unsaturated/α-hetero) is 1. The first-order valence-electron chi connectivity index (χ1n) is 8.37. The number of hydrogen-bond donors (Lipinski definition) is 1. The first-order chi connectivity index (χ1) is 13.4. The molecule has 2 N–H and O–H groups in total. The van der Waals surface area contributed by atoms with Crippen LogP contribution in [0.3, 0.4) is 0 Å². The number of methoxy groups -OCH3 is 4. The number of allylic oxidation sites excluding steroid dienone is 1. The number of ketones is 1. The Balaban J connectivity index is 0.00000420. The first-order valence-corrected chi connectivity index (χ1v) is 8.37. The molecule has 0 unspecified atom stereocenters. The van der Waals surface area contributed by atoms with Gasteiger partial charge in [0.1, 0.15) is 5.75 Å². The highest BCUT2D eigenvalue weighted by atomic mass is 35.5. The number of amides is 1. The summed E-state index contributed by atoms with van der Waals surface area (Å²) < 4.78 is 21.0. The van der Waals surface area contributed by atoms with Crippen LogP contribution < -0.4 is 24.7 Å². The number of hydrogen-bond acceptors (Lipinski definition) is 6. The molecule has 9 heteroatoms. The van der Waals surface area contributed by atoms with E-state index < -0.39 is 5.91 Å². The second kappa shape index (κ2) is 11.9. The van der Waals surface area contributed by atoms with E-state index in [1.165, 1.54) is 28.4 Å². The molecule has 7 nitrogen and oxygen atoms in total. The lowest BCUT2D eigenvalue weighted by molar-refractivity contribution is 0.0995. The molecule has 0 heterocycles. The molecule has 1 amide bonds. The van der Waals surface area contributed by atoms with Gasteiger partial charge in [-0.15, -0.1) is 24.8 Å². The van der Waals surface area contributed by atoms with Crippen molar-refractivity contribution in [2.45, 2.75) is 6.92 Å². The number of ether oxygens (including phenoxy) is 4. The molecule has 0 atom stereocenters. The topological polar surface area (TPSA) is 97.1 Å². The number of halogens is 2. The van der Waals surface area contributed by atoms with Gasteiger partial charge in [0.25, 0.3) is 5.91 Å². The monoisotopic (exact) mass is 457 g/mol. The Bertz CT molecular complexity index is 918. The summed E-state index contributed by atoms with van der Waals surface area (Å²) in [7, 11) is 5.91. The van der Waals surface area contributed by atoms with Crippen molar-refractivity contribution in [2.75, 3.05) is 28.4 Å². The third-order valence-corrected chi connectivity index (χ3v) is 4.16. The number of rotatable bonds is 8. The van der Waals surface area contributed by atoms with Gasteiger partial charge in [0, 0.05) is 5.56 Å². The minimum atomic E-state index is -0.610. The molecule has 164 valence electrons. The zero-order valence-electron chi connectivity index (χ0n) is 17.3. The Morgan fingerprint density at radius 3 is 1.80 bits per heavy atom. The van der Waals surface area contributed by atoms with Gasteiger partial charge >= 0.3 is 0 Å². The predicted molar refractivity (Wildman–Crippen MR) is 120 cm³/mol. The van der Waals surface area contributed by atoms with Crippen molar-refractivity contribution in [3.63, 3.8) is 0 Å². The molecule has 0 bridgehead atoms. The van der Waals surface area contributed by atoms with E-state index in [4.69, 9.17) is 24.7 Å². The van der Waals surface area contributed by atoms with Gasteiger partial charge in [-0.25, -0.2) is 0 Å². The Hall–Kier alpha value is -2.90. The van der Waals surface area contributed by atoms with Gasteiger partial charge < -0.3 is 24.7 Å². The predicted octanol–water partition coefficient (Wildman–Crippen LogP) is 3.95. The summed E-state index contributed by atoms with van der Waals surface area (Å²) in [5.74, 6) is 0.719. The highest BCUT2D eigenvalue weighted by molar-refractivity contribution is 6.11. The molecular formula is C21H25Cl2NO6. The first kappa shape index (κ1) is 27.1. The number of primary amides is 1. The third-order valence-electron chi connectivity index (χ3n) is 4.16. The van der Waals surface area contributed by atoms with E-state index in [0.29, 0.717) is 39.7 Å². The summed E-state index contributed by atoms with van der Waals surface area (Å²) in [5.41, 5.74) is 7.11. The largest absolute Gasteiger partial charge is 0.496 e. The van der Waals surface area contributed by atoms with Crippen molar-refractivity contribution < 1.29 is 28.5 Å². The quantitative estimate of drug-likeness (QED) is 0.475. The van der Waals surface area contributed by atoms with Gasteiger partial charge in [-0.2, -0.15) is 0 Å². The zero-order chi connectivity index (χ0) is 20.8. The summed E-state index contributed by atoms with van der Waals surface area (Å²) in [6.45, 7) is 1.68. The van der Waals surface area contributed by atoms with Gasteiger partial charge in [-0.3, -0.25) is 9.59 Å². The smallest absolute Gasteiger partial charge is 0.252 e. The molecule has 2 aromatic carbocycles. The highest BCUT2D eigenvalue weighted by Crippen LogP contribution is 2.38. The lowest BCUT2D eigenvalue weighted by Crippen LogP contribution is -2.12. The molecule has 0 saturated heterocycles. The van der Waals surface area contributed by atoms with Crippen molar-refractivity contribution in [3.8, 4) is 23.0 Å². The summed E-state index contributed by atoms with van der Waals surface area (Å²) >= 11 is 0. The minimum Gasteiger partial charge on any atom is -0.496 e. The van der Waals surface area contributed by atoms with E-state index in [1.54, 1.807) is 43.3 Å². The van der Waals surface area contributed by atoms with E-state index in [2.05, 4.69) is 0 Å². The lowest BCUT2D eigenvalue weighted by atomic mass is 10.0. The van der Waals surface area contributed by atoms with Crippen LogP contribution in [0.4, 0.5) is 0 Å². The van der Waals surface area contributed by atoms with Crippen molar-refractivity contribution >= 4 is 42.6 Å². The molecule has 2 rings (SSSR count). The molecule has 0 aromatic heterocycles. The molecular weight excluding hydrogens is 433 g/mol. The summed E-state index contributed by atoms with van der Waals surface area (Å²) in [6.07, 6.45) is 1.66. The minimum absolute atomic E-state index is 0. The summed E-state index contributed by atoms with van der Waals surface area (Å²) in [6, 6.07) is 8.11. The Morgan fingerprint density at radius 1 is 0.833 bits per heavy atom. The van der Waals surface area contributed by atoms with Gasteiger partial charge in [-0.1, -0.05) is 6.07 Å².